The van der Waals surface area contributed by atoms with Crippen molar-refractivity contribution in [2.75, 3.05) is 17.7 Å². The van der Waals surface area contributed by atoms with Gasteiger partial charge in [-0.15, -0.1) is 0 Å². The van der Waals surface area contributed by atoms with E-state index in [-0.39, 0.29) is 0 Å². The van der Waals surface area contributed by atoms with Gasteiger partial charge in [0.2, 0.25) is 5.95 Å². The number of hydrogen-bond acceptors (Lipinski definition) is 7. The molecule has 7 nitrogen and oxygen atoms in total. The van der Waals surface area contributed by atoms with Gasteiger partial charge in [-0.25, -0.2) is 4.98 Å². The first-order valence-corrected chi connectivity index (χ1v) is 10.0. The van der Waals surface area contributed by atoms with Crippen molar-refractivity contribution in [3.63, 3.8) is 0 Å². The zero-order chi connectivity index (χ0) is 23.1. The second kappa shape index (κ2) is 10.2. The van der Waals surface area contributed by atoms with Gasteiger partial charge in [-0.3, -0.25) is 0 Å². The number of benzene rings is 2. The standard InChI is InChI=1S/C25H24N6O/c1-16(13-26)9-20-10-17(2)24(18(3)11-20)30-23-12-22(15-32-4)29-25(31-23)28-21-7-5-19(14-27)6-8-21/h5-12H,15H2,1-4H3,(H2,28,29,30,31)/b16-9+. The van der Waals surface area contributed by atoms with Crippen LogP contribution < -0.4 is 10.6 Å². The summed E-state index contributed by atoms with van der Waals surface area (Å²) in [5.74, 6) is 1.05. The van der Waals surface area contributed by atoms with Crippen LogP contribution >= 0.6 is 0 Å². The number of allylic oxidation sites excluding steroid dienone is 1. The lowest BCUT2D eigenvalue weighted by atomic mass is 10.0. The van der Waals surface area contributed by atoms with Gasteiger partial charge in [0, 0.05) is 30.1 Å². The van der Waals surface area contributed by atoms with Crippen LogP contribution in [0.3, 0.4) is 0 Å². The molecule has 0 bridgehead atoms. The highest BCUT2D eigenvalue weighted by Gasteiger charge is 2.10. The van der Waals surface area contributed by atoms with Gasteiger partial charge in [0.05, 0.1) is 30.0 Å². The summed E-state index contributed by atoms with van der Waals surface area (Å²) >= 11 is 0. The molecular weight excluding hydrogens is 400 g/mol. The number of ether oxygens (including phenoxy) is 1. The Morgan fingerprint density at radius 1 is 1.03 bits per heavy atom. The molecule has 1 heterocycles. The molecule has 0 atom stereocenters. The van der Waals surface area contributed by atoms with Crippen LogP contribution in [-0.4, -0.2) is 17.1 Å². The van der Waals surface area contributed by atoms with Crippen LogP contribution in [0.15, 0.2) is 48.0 Å². The highest BCUT2D eigenvalue weighted by molar-refractivity contribution is 5.70. The third kappa shape index (κ3) is 5.69. The first-order valence-electron chi connectivity index (χ1n) is 10.0. The SMILES string of the molecule is COCc1cc(Nc2c(C)cc(/C=C(\C)C#N)cc2C)nc(Nc2ccc(C#N)cc2)n1. The van der Waals surface area contributed by atoms with Crippen LogP contribution in [0.4, 0.5) is 23.1 Å². The van der Waals surface area contributed by atoms with Gasteiger partial charge in [0.1, 0.15) is 5.82 Å². The minimum Gasteiger partial charge on any atom is -0.378 e. The van der Waals surface area contributed by atoms with Crippen molar-refractivity contribution in [1.29, 1.82) is 10.5 Å². The molecule has 0 aliphatic rings. The Balaban J connectivity index is 1.92. The summed E-state index contributed by atoms with van der Waals surface area (Å²) in [6, 6.07) is 17.2. The lowest BCUT2D eigenvalue weighted by Gasteiger charge is -2.15. The number of aromatic nitrogens is 2. The Bertz CT molecular complexity index is 1210. The molecule has 2 aromatic carbocycles. The number of methoxy groups -OCH3 is 1. The van der Waals surface area contributed by atoms with Gasteiger partial charge < -0.3 is 15.4 Å². The molecule has 0 amide bonds. The van der Waals surface area contributed by atoms with E-state index in [1.807, 2.05) is 50.3 Å². The molecule has 32 heavy (non-hydrogen) atoms. The van der Waals surface area contributed by atoms with Crippen molar-refractivity contribution < 1.29 is 4.74 Å². The van der Waals surface area contributed by atoms with E-state index in [1.165, 1.54) is 0 Å². The molecule has 1 aromatic heterocycles. The number of nitrogens with zero attached hydrogens (tertiary/aromatic N) is 4. The monoisotopic (exact) mass is 424 g/mol. The van der Waals surface area contributed by atoms with E-state index >= 15 is 0 Å². The number of aryl methyl sites for hydroxylation is 2. The van der Waals surface area contributed by atoms with E-state index in [0.717, 1.165) is 33.8 Å². The first kappa shape index (κ1) is 22.5. The average molecular weight is 425 g/mol. The molecule has 0 radical (unpaired) electrons. The van der Waals surface area contributed by atoms with Gasteiger partial charge >= 0.3 is 0 Å². The van der Waals surface area contributed by atoms with Gasteiger partial charge in [-0.1, -0.05) is 0 Å². The highest BCUT2D eigenvalue weighted by atomic mass is 16.5. The highest BCUT2D eigenvalue weighted by Crippen LogP contribution is 2.27. The zero-order valence-electron chi connectivity index (χ0n) is 18.5. The van der Waals surface area contributed by atoms with E-state index in [9.17, 15) is 0 Å². The van der Waals surface area contributed by atoms with Gasteiger partial charge in [0.15, 0.2) is 0 Å². The molecule has 0 fully saturated rings. The summed E-state index contributed by atoms with van der Waals surface area (Å²) in [4.78, 5) is 9.12. The van der Waals surface area contributed by atoms with Crippen molar-refractivity contribution in [3.05, 3.63) is 76.0 Å². The molecule has 0 aliphatic heterocycles. The van der Waals surface area contributed by atoms with E-state index in [4.69, 9.17) is 15.3 Å². The topological polar surface area (TPSA) is 107 Å². The lowest BCUT2D eigenvalue weighted by molar-refractivity contribution is 0.181. The van der Waals surface area contributed by atoms with Crippen LogP contribution in [0.5, 0.6) is 0 Å². The zero-order valence-corrected chi connectivity index (χ0v) is 18.5. The van der Waals surface area contributed by atoms with Crippen LogP contribution in [0.25, 0.3) is 6.08 Å². The van der Waals surface area contributed by atoms with Crippen LogP contribution in [-0.2, 0) is 11.3 Å². The molecule has 0 aliphatic carbocycles. The minimum absolute atomic E-state index is 0.342. The van der Waals surface area contributed by atoms with Crippen molar-refractivity contribution in [2.24, 2.45) is 0 Å². The second-order valence-electron chi connectivity index (χ2n) is 7.41. The third-order valence-corrected chi connectivity index (χ3v) is 4.71. The molecular formula is C25H24N6O. The Hall–Kier alpha value is -4.20. The normalized spacial score (nSPS) is 10.9. The fourth-order valence-electron chi connectivity index (χ4n) is 3.28. The third-order valence-electron chi connectivity index (χ3n) is 4.71. The van der Waals surface area contributed by atoms with Crippen LogP contribution in [0, 0.1) is 36.5 Å². The second-order valence-corrected chi connectivity index (χ2v) is 7.41. The predicted octanol–water partition coefficient (Wildman–Crippen LogP) is 5.53. The largest absolute Gasteiger partial charge is 0.378 e. The van der Waals surface area contributed by atoms with Gasteiger partial charge in [-0.2, -0.15) is 15.5 Å². The summed E-state index contributed by atoms with van der Waals surface area (Å²) in [6.07, 6.45) is 1.87. The van der Waals surface area contributed by atoms with E-state index in [1.54, 1.807) is 26.2 Å². The van der Waals surface area contributed by atoms with Gasteiger partial charge in [-0.05, 0) is 79.9 Å². The maximum absolute atomic E-state index is 9.04. The molecule has 2 N–H and O–H groups in total. The fourth-order valence-corrected chi connectivity index (χ4v) is 3.28. The number of rotatable bonds is 7. The number of hydrogen-bond donors (Lipinski definition) is 2. The molecule has 3 aromatic rings. The average Bonchev–Trinajstić information content (AvgIpc) is 2.77. The molecule has 0 spiro atoms. The first-order chi connectivity index (χ1) is 15.4. The number of nitrogens with one attached hydrogen (secondary N) is 2. The van der Waals surface area contributed by atoms with Crippen LogP contribution in [0.1, 0.15) is 34.9 Å². The smallest absolute Gasteiger partial charge is 0.229 e. The lowest BCUT2D eigenvalue weighted by Crippen LogP contribution is -2.06. The molecule has 0 saturated heterocycles. The maximum atomic E-state index is 9.04. The molecule has 0 unspecified atom stereocenters. The quantitative estimate of drug-likeness (QED) is 0.481. The van der Waals surface area contributed by atoms with Gasteiger partial charge in [0.25, 0.3) is 0 Å². The van der Waals surface area contributed by atoms with Crippen LogP contribution in [0.2, 0.25) is 0 Å². The fraction of sp³-hybridized carbons (Fsp3) is 0.200. The van der Waals surface area contributed by atoms with Crippen molar-refractivity contribution in [2.45, 2.75) is 27.4 Å². The summed E-state index contributed by atoms with van der Waals surface area (Å²) in [6.45, 7) is 6.16. The number of nitriles is 2. The Morgan fingerprint density at radius 3 is 2.31 bits per heavy atom. The predicted molar refractivity (Wildman–Crippen MR) is 126 cm³/mol. The summed E-state index contributed by atoms with van der Waals surface area (Å²) in [5.41, 5.74) is 6.75. The van der Waals surface area contributed by atoms with E-state index < -0.39 is 0 Å². The summed E-state index contributed by atoms with van der Waals surface area (Å²) < 4.78 is 5.26. The molecule has 0 saturated carbocycles. The van der Waals surface area contributed by atoms with Crippen molar-refractivity contribution in [1.82, 2.24) is 9.97 Å². The Kier molecular flexibility index (Phi) is 7.17. The molecule has 3 rings (SSSR count). The molecule has 160 valence electrons. The van der Waals surface area contributed by atoms with E-state index in [2.05, 4.69) is 32.7 Å². The Morgan fingerprint density at radius 2 is 1.72 bits per heavy atom. The number of anilines is 4. The molecule has 7 heteroatoms. The summed E-state index contributed by atoms with van der Waals surface area (Å²) in [7, 11) is 1.62. The maximum Gasteiger partial charge on any atom is 0.229 e. The summed E-state index contributed by atoms with van der Waals surface area (Å²) in [5, 5.41) is 24.6. The van der Waals surface area contributed by atoms with Crippen molar-refractivity contribution in [3.8, 4) is 12.1 Å². The van der Waals surface area contributed by atoms with Crippen molar-refractivity contribution >= 4 is 29.2 Å². The Labute approximate surface area is 188 Å². The van der Waals surface area contributed by atoms with E-state index in [0.29, 0.717) is 29.5 Å². The minimum atomic E-state index is 0.342.